The molecule has 2 aromatic carbocycles. The number of amides is 1. The van der Waals surface area contributed by atoms with Crippen molar-refractivity contribution in [3.63, 3.8) is 0 Å². The van der Waals surface area contributed by atoms with Crippen LogP contribution in [0.25, 0.3) is 11.1 Å². The van der Waals surface area contributed by atoms with Crippen LogP contribution in [0.5, 0.6) is 5.75 Å². The highest BCUT2D eigenvalue weighted by atomic mass is 16.5. The third-order valence-electron chi connectivity index (χ3n) is 3.75. The van der Waals surface area contributed by atoms with Crippen molar-refractivity contribution in [3.05, 3.63) is 84.2 Å². The number of pyridine rings is 1. The van der Waals surface area contributed by atoms with Gasteiger partial charge in [-0.1, -0.05) is 30.3 Å². The van der Waals surface area contributed by atoms with Gasteiger partial charge in [-0.25, -0.2) is 0 Å². The van der Waals surface area contributed by atoms with Gasteiger partial charge in [-0.2, -0.15) is 0 Å². The first kappa shape index (κ1) is 15.7. The molecular weight excluding hydrogens is 300 g/mol. The molecule has 0 aliphatic carbocycles. The van der Waals surface area contributed by atoms with E-state index in [0.29, 0.717) is 17.9 Å². The first-order chi connectivity index (χ1) is 11.8. The number of hydrogen-bond donors (Lipinski definition) is 1. The molecular formula is C20H18N2O2. The van der Waals surface area contributed by atoms with Crippen molar-refractivity contribution in [1.82, 2.24) is 10.3 Å². The molecule has 0 bridgehead atoms. The minimum absolute atomic E-state index is 0.135. The average molecular weight is 318 g/mol. The number of rotatable bonds is 5. The summed E-state index contributed by atoms with van der Waals surface area (Å²) in [7, 11) is 1.61. The Kier molecular flexibility index (Phi) is 4.87. The van der Waals surface area contributed by atoms with Gasteiger partial charge in [0.05, 0.1) is 7.11 Å². The number of carbonyl (C=O) groups is 1. The second-order valence-electron chi connectivity index (χ2n) is 5.32. The van der Waals surface area contributed by atoms with Crippen molar-refractivity contribution in [2.45, 2.75) is 6.54 Å². The highest BCUT2D eigenvalue weighted by molar-refractivity contribution is 5.95. The van der Waals surface area contributed by atoms with E-state index >= 15 is 0 Å². The summed E-state index contributed by atoms with van der Waals surface area (Å²) in [6, 6.07) is 19.2. The first-order valence-electron chi connectivity index (χ1n) is 7.68. The van der Waals surface area contributed by atoms with Crippen LogP contribution in [-0.4, -0.2) is 18.0 Å². The Bertz CT molecular complexity index is 818. The third kappa shape index (κ3) is 3.60. The van der Waals surface area contributed by atoms with Crippen LogP contribution < -0.4 is 10.1 Å². The van der Waals surface area contributed by atoms with Crippen LogP contribution in [0.4, 0.5) is 0 Å². The highest BCUT2D eigenvalue weighted by Gasteiger charge is 2.11. The maximum absolute atomic E-state index is 12.4. The summed E-state index contributed by atoms with van der Waals surface area (Å²) in [5.74, 6) is 0.544. The molecule has 0 saturated heterocycles. The molecule has 1 N–H and O–H groups in total. The van der Waals surface area contributed by atoms with Gasteiger partial charge in [-0.15, -0.1) is 0 Å². The molecule has 3 aromatic rings. The maximum Gasteiger partial charge on any atom is 0.251 e. The molecule has 4 nitrogen and oxygen atoms in total. The van der Waals surface area contributed by atoms with E-state index < -0.39 is 0 Å². The Hall–Kier alpha value is -3.14. The lowest BCUT2D eigenvalue weighted by Crippen LogP contribution is -2.22. The van der Waals surface area contributed by atoms with Crippen molar-refractivity contribution >= 4 is 5.91 Å². The second-order valence-corrected chi connectivity index (χ2v) is 5.32. The van der Waals surface area contributed by atoms with E-state index in [0.717, 1.165) is 16.7 Å². The molecule has 0 spiro atoms. The summed E-state index contributed by atoms with van der Waals surface area (Å²) in [5.41, 5.74) is 3.59. The molecule has 0 aliphatic heterocycles. The van der Waals surface area contributed by atoms with Crippen LogP contribution in [-0.2, 0) is 6.54 Å². The summed E-state index contributed by atoms with van der Waals surface area (Å²) in [4.78, 5) is 16.3. The smallest absolute Gasteiger partial charge is 0.251 e. The summed E-state index contributed by atoms with van der Waals surface area (Å²) < 4.78 is 5.47. The minimum atomic E-state index is -0.135. The number of benzene rings is 2. The van der Waals surface area contributed by atoms with E-state index in [4.69, 9.17) is 4.74 Å². The van der Waals surface area contributed by atoms with Crippen LogP contribution in [0.2, 0.25) is 0 Å². The Morgan fingerprint density at radius 2 is 1.79 bits per heavy atom. The first-order valence-corrected chi connectivity index (χ1v) is 7.68. The molecule has 0 radical (unpaired) electrons. The Labute approximate surface area is 141 Å². The molecule has 4 heteroatoms. The van der Waals surface area contributed by atoms with E-state index in [2.05, 4.69) is 10.3 Å². The van der Waals surface area contributed by atoms with Gasteiger partial charge < -0.3 is 10.1 Å². The lowest BCUT2D eigenvalue weighted by atomic mass is 10.0. The molecule has 0 unspecified atom stereocenters. The van der Waals surface area contributed by atoms with Gasteiger partial charge in [0, 0.05) is 30.1 Å². The maximum atomic E-state index is 12.4. The molecule has 0 aliphatic rings. The fourth-order valence-corrected chi connectivity index (χ4v) is 2.47. The molecule has 0 saturated carbocycles. The summed E-state index contributed by atoms with van der Waals surface area (Å²) in [5, 5.41) is 2.90. The van der Waals surface area contributed by atoms with Crippen molar-refractivity contribution in [2.75, 3.05) is 7.11 Å². The van der Waals surface area contributed by atoms with Gasteiger partial charge >= 0.3 is 0 Å². The molecule has 1 amide bonds. The average Bonchev–Trinajstić information content (AvgIpc) is 2.67. The lowest BCUT2D eigenvalue weighted by molar-refractivity contribution is 0.0950. The predicted octanol–water partition coefficient (Wildman–Crippen LogP) is 3.69. The largest absolute Gasteiger partial charge is 0.496 e. The fraction of sp³-hybridized carbons (Fsp3) is 0.100. The highest BCUT2D eigenvalue weighted by Crippen LogP contribution is 2.30. The van der Waals surface area contributed by atoms with Gasteiger partial charge in [0.15, 0.2) is 0 Å². The van der Waals surface area contributed by atoms with Crippen LogP contribution in [0.15, 0.2) is 73.1 Å². The van der Waals surface area contributed by atoms with Crippen molar-refractivity contribution < 1.29 is 9.53 Å². The van der Waals surface area contributed by atoms with Crippen molar-refractivity contribution in [2.24, 2.45) is 0 Å². The topological polar surface area (TPSA) is 51.2 Å². The normalized spacial score (nSPS) is 10.2. The van der Waals surface area contributed by atoms with Crippen molar-refractivity contribution in [1.29, 1.82) is 0 Å². The SMILES string of the molecule is COc1cc(C(=O)NCc2ccncc2)ccc1-c1ccccc1. The zero-order valence-corrected chi connectivity index (χ0v) is 13.4. The summed E-state index contributed by atoms with van der Waals surface area (Å²) in [6.45, 7) is 0.462. The molecule has 0 fully saturated rings. The molecule has 3 rings (SSSR count). The second kappa shape index (κ2) is 7.42. The van der Waals surface area contributed by atoms with E-state index in [9.17, 15) is 4.79 Å². The molecule has 1 heterocycles. The summed E-state index contributed by atoms with van der Waals surface area (Å²) >= 11 is 0. The zero-order chi connectivity index (χ0) is 16.8. The number of carbonyl (C=O) groups excluding carboxylic acids is 1. The number of hydrogen-bond acceptors (Lipinski definition) is 3. The van der Waals surface area contributed by atoms with Crippen molar-refractivity contribution in [3.8, 4) is 16.9 Å². The molecule has 120 valence electrons. The van der Waals surface area contributed by atoms with Crippen LogP contribution in [0.3, 0.4) is 0 Å². The number of aromatic nitrogens is 1. The fourth-order valence-electron chi connectivity index (χ4n) is 2.47. The van der Waals surface area contributed by atoms with E-state index in [1.165, 1.54) is 0 Å². The molecule has 1 aromatic heterocycles. The van der Waals surface area contributed by atoms with Gasteiger partial charge in [0.1, 0.15) is 5.75 Å². The van der Waals surface area contributed by atoms with E-state index in [-0.39, 0.29) is 5.91 Å². The standard InChI is InChI=1S/C20H18N2O2/c1-24-19-13-17(7-8-18(19)16-5-3-2-4-6-16)20(23)22-14-15-9-11-21-12-10-15/h2-13H,14H2,1H3,(H,22,23). The summed E-state index contributed by atoms with van der Waals surface area (Å²) in [6.07, 6.45) is 3.42. The predicted molar refractivity (Wildman–Crippen MR) is 93.8 cm³/mol. The van der Waals surface area contributed by atoms with Gasteiger partial charge in [0.2, 0.25) is 0 Å². The monoisotopic (exact) mass is 318 g/mol. The van der Waals surface area contributed by atoms with Crippen LogP contribution in [0, 0.1) is 0 Å². The van der Waals surface area contributed by atoms with Crippen LogP contribution >= 0.6 is 0 Å². The van der Waals surface area contributed by atoms with Gasteiger partial charge in [-0.3, -0.25) is 9.78 Å². The third-order valence-corrected chi connectivity index (χ3v) is 3.75. The Balaban J connectivity index is 1.78. The molecule has 0 atom stereocenters. The quantitative estimate of drug-likeness (QED) is 0.780. The minimum Gasteiger partial charge on any atom is -0.496 e. The number of nitrogens with one attached hydrogen (secondary N) is 1. The van der Waals surface area contributed by atoms with Gasteiger partial charge in [-0.05, 0) is 41.5 Å². The van der Waals surface area contributed by atoms with Gasteiger partial charge in [0.25, 0.3) is 5.91 Å². The number of nitrogens with zero attached hydrogens (tertiary/aromatic N) is 1. The Morgan fingerprint density at radius 1 is 1.04 bits per heavy atom. The van der Waals surface area contributed by atoms with Crippen LogP contribution in [0.1, 0.15) is 15.9 Å². The van der Waals surface area contributed by atoms with E-state index in [1.54, 1.807) is 25.6 Å². The number of methoxy groups -OCH3 is 1. The Morgan fingerprint density at radius 3 is 2.50 bits per heavy atom. The molecule has 24 heavy (non-hydrogen) atoms. The number of ether oxygens (including phenoxy) is 1. The lowest BCUT2D eigenvalue weighted by Gasteiger charge is -2.11. The zero-order valence-electron chi connectivity index (χ0n) is 13.4. The van der Waals surface area contributed by atoms with E-state index in [1.807, 2.05) is 54.6 Å².